The summed E-state index contributed by atoms with van der Waals surface area (Å²) in [4.78, 5) is 22.8. The fourth-order valence-electron chi connectivity index (χ4n) is 3.18. The molecule has 3 aromatic rings. The number of anilines is 2. The third-order valence-corrected chi connectivity index (χ3v) is 4.82. The van der Waals surface area contributed by atoms with Crippen molar-refractivity contribution in [1.29, 1.82) is 0 Å². The molecule has 0 fully saturated rings. The summed E-state index contributed by atoms with van der Waals surface area (Å²) in [5.41, 5.74) is 4.13. The van der Waals surface area contributed by atoms with E-state index in [0.29, 0.717) is 29.9 Å². The molecule has 0 atom stereocenters. The van der Waals surface area contributed by atoms with E-state index in [1.165, 1.54) is 18.5 Å². The van der Waals surface area contributed by atoms with E-state index in [1.807, 2.05) is 38.9 Å². The molecule has 3 rings (SSSR count). The lowest BCUT2D eigenvalue weighted by Crippen LogP contribution is -2.14. The maximum absolute atomic E-state index is 13.2. The van der Waals surface area contributed by atoms with E-state index in [0.717, 1.165) is 22.8 Å². The van der Waals surface area contributed by atoms with Gasteiger partial charge in [-0.05, 0) is 56.5 Å². The van der Waals surface area contributed by atoms with Gasteiger partial charge < -0.3 is 10.2 Å². The lowest BCUT2D eigenvalue weighted by Gasteiger charge is -2.12. The van der Waals surface area contributed by atoms with Crippen LogP contribution >= 0.6 is 0 Å². The van der Waals surface area contributed by atoms with E-state index in [4.69, 9.17) is 0 Å². The van der Waals surface area contributed by atoms with Crippen molar-refractivity contribution < 1.29 is 9.18 Å². The molecule has 2 heterocycles. The fraction of sp³-hybridized carbons (Fsp3) is 0.333. The molecule has 1 amide bonds. The molecule has 0 aliphatic carbocycles. The zero-order valence-corrected chi connectivity index (χ0v) is 17.3. The first kappa shape index (κ1) is 20.4. The van der Waals surface area contributed by atoms with Crippen molar-refractivity contribution in [3.05, 3.63) is 58.9 Å². The second kappa shape index (κ2) is 8.38. The topological polar surface area (TPSA) is 75.9 Å². The molecule has 1 aromatic carbocycles. The number of amides is 1. The number of carbonyl (C=O) groups excluding carboxylic acids is 1. The summed E-state index contributed by atoms with van der Waals surface area (Å²) in [6.07, 6.45) is 2.37. The molecule has 0 aliphatic rings. The Labute approximate surface area is 169 Å². The number of hydrogen-bond donors (Lipinski definition) is 1. The highest BCUT2D eigenvalue weighted by Gasteiger charge is 2.16. The lowest BCUT2D eigenvalue weighted by atomic mass is 10.1. The Morgan fingerprint density at radius 2 is 1.93 bits per heavy atom. The van der Waals surface area contributed by atoms with Crippen LogP contribution in [0.1, 0.15) is 28.9 Å². The minimum Gasteiger partial charge on any atom is -0.363 e. The van der Waals surface area contributed by atoms with E-state index >= 15 is 0 Å². The summed E-state index contributed by atoms with van der Waals surface area (Å²) >= 11 is 0. The molecule has 0 saturated carbocycles. The molecule has 1 N–H and O–H groups in total. The predicted octanol–water partition coefficient (Wildman–Crippen LogP) is 3.36. The number of carbonyl (C=O) groups is 1. The van der Waals surface area contributed by atoms with Crippen molar-refractivity contribution in [1.82, 2.24) is 19.7 Å². The van der Waals surface area contributed by atoms with Gasteiger partial charge in [-0.25, -0.2) is 19.0 Å². The highest BCUT2D eigenvalue weighted by molar-refractivity contribution is 5.91. The third kappa shape index (κ3) is 4.59. The van der Waals surface area contributed by atoms with Gasteiger partial charge in [-0.2, -0.15) is 5.10 Å². The molecule has 0 radical (unpaired) electrons. The molecule has 2 aromatic heterocycles. The molecule has 152 valence electrons. The van der Waals surface area contributed by atoms with Crippen LogP contribution in [0.4, 0.5) is 15.9 Å². The first-order valence-electron chi connectivity index (χ1n) is 9.37. The van der Waals surface area contributed by atoms with Crippen LogP contribution in [0.5, 0.6) is 0 Å². The van der Waals surface area contributed by atoms with Gasteiger partial charge in [0.25, 0.3) is 0 Å². The summed E-state index contributed by atoms with van der Waals surface area (Å²) < 4.78 is 15.0. The first-order valence-corrected chi connectivity index (χ1v) is 9.37. The Morgan fingerprint density at radius 3 is 2.62 bits per heavy atom. The molecule has 0 saturated heterocycles. The fourth-order valence-corrected chi connectivity index (χ4v) is 3.18. The molecule has 0 aliphatic heterocycles. The Bertz CT molecular complexity index is 1040. The highest BCUT2D eigenvalue weighted by atomic mass is 19.1. The summed E-state index contributed by atoms with van der Waals surface area (Å²) in [6.45, 7) is 5.66. The summed E-state index contributed by atoms with van der Waals surface area (Å²) in [7, 11) is 3.83. The molecule has 0 unspecified atom stereocenters. The standard InChI is InChI=1S/C21H25FN6O/c1-13-10-16(22)6-8-18(13)25-21(29)9-7-17-14(2)26-28(15(17)3)20-11-19(27(4)5)23-12-24-20/h6,8,10-12H,7,9H2,1-5H3,(H,25,29). The second-order valence-corrected chi connectivity index (χ2v) is 7.20. The minimum absolute atomic E-state index is 0.122. The number of nitrogens with one attached hydrogen (secondary N) is 1. The maximum Gasteiger partial charge on any atom is 0.224 e. The van der Waals surface area contributed by atoms with Gasteiger partial charge in [-0.1, -0.05) is 0 Å². The highest BCUT2D eigenvalue weighted by Crippen LogP contribution is 2.21. The van der Waals surface area contributed by atoms with E-state index < -0.39 is 0 Å². The minimum atomic E-state index is -0.318. The third-order valence-electron chi connectivity index (χ3n) is 4.82. The van der Waals surface area contributed by atoms with Crippen LogP contribution in [0.15, 0.2) is 30.6 Å². The SMILES string of the molecule is Cc1cc(F)ccc1NC(=O)CCc1c(C)nn(-c2cc(N(C)C)ncn2)c1C. The van der Waals surface area contributed by atoms with Gasteiger partial charge in [0.15, 0.2) is 5.82 Å². The van der Waals surface area contributed by atoms with E-state index in [1.54, 1.807) is 17.7 Å². The largest absolute Gasteiger partial charge is 0.363 e. The van der Waals surface area contributed by atoms with Crippen molar-refractivity contribution in [2.75, 3.05) is 24.3 Å². The molecule has 0 spiro atoms. The van der Waals surface area contributed by atoms with Gasteiger partial charge in [0.1, 0.15) is 18.0 Å². The van der Waals surface area contributed by atoms with Crippen molar-refractivity contribution in [2.45, 2.75) is 33.6 Å². The maximum atomic E-state index is 13.2. The zero-order chi connectivity index (χ0) is 21.1. The Morgan fingerprint density at radius 1 is 1.17 bits per heavy atom. The number of aryl methyl sites for hydroxylation is 2. The number of nitrogens with zero attached hydrogens (tertiary/aromatic N) is 5. The smallest absolute Gasteiger partial charge is 0.224 e. The van der Waals surface area contributed by atoms with Crippen LogP contribution in [-0.4, -0.2) is 39.8 Å². The number of aromatic nitrogens is 4. The van der Waals surface area contributed by atoms with Crippen molar-refractivity contribution >= 4 is 17.4 Å². The van der Waals surface area contributed by atoms with Crippen LogP contribution in [0, 0.1) is 26.6 Å². The molecule has 7 nitrogen and oxygen atoms in total. The monoisotopic (exact) mass is 396 g/mol. The van der Waals surface area contributed by atoms with Gasteiger partial charge in [0.2, 0.25) is 5.91 Å². The first-order chi connectivity index (χ1) is 13.8. The summed E-state index contributed by atoms with van der Waals surface area (Å²) in [5, 5.41) is 7.45. The number of rotatable bonds is 6. The molecular formula is C21H25FN6O. The summed E-state index contributed by atoms with van der Waals surface area (Å²) in [5.74, 6) is 1.03. The van der Waals surface area contributed by atoms with Crippen LogP contribution in [0.2, 0.25) is 0 Å². The van der Waals surface area contributed by atoms with E-state index in [9.17, 15) is 9.18 Å². The van der Waals surface area contributed by atoms with Gasteiger partial charge in [0, 0.05) is 38.0 Å². The Balaban J connectivity index is 1.74. The Kier molecular flexibility index (Phi) is 5.91. The number of hydrogen-bond acceptors (Lipinski definition) is 5. The average molecular weight is 396 g/mol. The van der Waals surface area contributed by atoms with Gasteiger partial charge in [0.05, 0.1) is 5.69 Å². The Hall–Kier alpha value is -3.29. The van der Waals surface area contributed by atoms with Gasteiger partial charge in [-0.3, -0.25) is 4.79 Å². The molecular weight excluding hydrogens is 371 g/mol. The van der Waals surface area contributed by atoms with Crippen LogP contribution in [0.25, 0.3) is 5.82 Å². The van der Waals surface area contributed by atoms with Gasteiger partial charge in [-0.15, -0.1) is 0 Å². The molecule has 0 bridgehead atoms. The zero-order valence-electron chi connectivity index (χ0n) is 17.3. The predicted molar refractivity (Wildman–Crippen MR) is 111 cm³/mol. The number of halogens is 1. The second-order valence-electron chi connectivity index (χ2n) is 7.20. The average Bonchev–Trinajstić information content (AvgIpc) is 2.96. The normalized spacial score (nSPS) is 10.8. The van der Waals surface area contributed by atoms with Crippen molar-refractivity contribution in [2.24, 2.45) is 0 Å². The van der Waals surface area contributed by atoms with Crippen LogP contribution in [-0.2, 0) is 11.2 Å². The van der Waals surface area contributed by atoms with Crippen molar-refractivity contribution in [3.8, 4) is 5.82 Å². The van der Waals surface area contributed by atoms with Crippen LogP contribution < -0.4 is 10.2 Å². The summed E-state index contributed by atoms with van der Waals surface area (Å²) in [6, 6.07) is 6.18. The van der Waals surface area contributed by atoms with E-state index in [2.05, 4.69) is 20.4 Å². The molecule has 29 heavy (non-hydrogen) atoms. The van der Waals surface area contributed by atoms with Gasteiger partial charge >= 0.3 is 0 Å². The number of benzene rings is 1. The lowest BCUT2D eigenvalue weighted by molar-refractivity contribution is -0.116. The quantitative estimate of drug-likeness (QED) is 0.691. The molecule has 8 heteroatoms. The van der Waals surface area contributed by atoms with E-state index in [-0.39, 0.29) is 11.7 Å². The van der Waals surface area contributed by atoms with Crippen LogP contribution in [0.3, 0.4) is 0 Å². The van der Waals surface area contributed by atoms with Crippen molar-refractivity contribution in [3.63, 3.8) is 0 Å².